The Morgan fingerprint density at radius 3 is 2.00 bits per heavy atom. The van der Waals surface area contributed by atoms with Gasteiger partial charge in [-0.2, -0.15) is 0 Å². The second-order valence-electron chi connectivity index (χ2n) is 9.82. The van der Waals surface area contributed by atoms with Crippen LogP contribution >= 0.6 is 0 Å². The number of aliphatic hydroxyl groups excluding tert-OH is 1. The van der Waals surface area contributed by atoms with Crippen molar-refractivity contribution in [2.45, 2.75) is 127 Å². The van der Waals surface area contributed by atoms with Gasteiger partial charge in [0.15, 0.2) is 6.29 Å². The zero-order chi connectivity index (χ0) is 28.5. The Balaban J connectivity index is 4.39. The van der Waals surface area contributed by atoms with Crippen LogP contribution in [0.25, 0.3) is 0 Å². The molecular formula is C28H50O10. The number of aldehydes is 2. The fourth-order valence-electron chi connectivity index (χ4n) is 4.23. The van der Waals surface area contributed by atoms with Crippen LogP contribution in [0.4, 0.5) is 0 Å². The number of carboxylic acid groups (broad SMARTS) is 2. The number of hydrogen-bond donors (Lipinski definition) is 3. The minimum absolute atomic E-state index is 0.0455. The molecule has 0 amide bonds. The molecule has 0 aromatic carbocycles. The summed E-state index contributed by atoms with van der Waals surface area (Å²) in [5, 5.41) is 28.4. The quantitative estimate of drug-likeness (QED) is 0.0911. The third kappa shape index (κ3) is 20.1. The van der Waals surface area contributed by atoms with Crippen molar-refractivity contribution in [3.63, 3.8) is 0 Å². The predicted octanol–water partition coefficient (Wildman–Crippen LogP) is 4.33. The minimum Gasteiger partial charge on any atom is -0.481 e. The van der Waals surface area contributed by atoms with E-state index in [-0.39, 0.29) is 45.4 Å². The summed E-state index contributed by atoms with van der Waals surface area (Å²) in [5.74, 6) is -2.00. The molecule has 10 nitrogen and oxygen atoms in total. The molecular weight excluding hydrogens is 496 g/mol. The minimum atomic E-state index is -1.68. The molecule has 0 aliphatic heterocycles. The highest BCUT2D eigenvalue weighted by molar-refractivity contribution is 5.79. The van der Waals surface area contributed by atoms with Gasteiger partial charge in [-0.05, 0) is 19.3 Å². The van der Waals surface area contributed by atoms with E-state index in [1.54, 1.807) is 0 Å². The molecule has 38 heavy (non-hydrogen) atoms. The predicted molar refractivity (Wildman–Crippen MR) is 142 cm³/mol. The second kappa shape index (κ2) is 24.2. The fourth-order valence-corrected chi connectivity index (χ4v) is 4.23. The van der Waals surface area contributed by atoms with Crippen molar-refractivity contribution in [3.05, 3.63) is 0 Å². The van der Waals surface area contributed by atoms with Crippen LogP contribution in [0.2, 0.25) is 0 Å². The maximum atomic E-state index is 11.3. The van der Waals surface area contributed by atoms with Crippen LogP contribution in [0.3, 0.4) is 0 Å². The highest BCUT2D eigenvalue weighted by Crippen LogP contribution is 2.19. The maximum absolute atomic E-state index is 11.3. The number of unbranched alkanes of at least 4 members (excludes halogenated alkanes) is 9. The molecule has 0 rings (SSSR count). The molecule has 3 unspecified atom stereocenters. The molecule has 0 saturated heterocycles. The van der Waals surface area contributed by atoms with Gasteiger partial charge in [-0.1, -0.05) is 71.1 Å². The van der Waals surface area contributed by atoms with E-state index in [0.29, 0.717) is 25.4 Å². The number of aliphatic carboxylic acids is 2. The van der Waals surface area contributed by atoms with Gasteiger partial charge in [0.05, 0.1) is 45.1 Å². The summed E-state index contributed by atoms with van der Waals surface area (Å²) in [5.41, 5.74) is -1.68. The van der Waals surface area contributed by atoms with Gasteiger partial charge in [-0.15, -0.1) is 0 Å². The highest BCUT2D eigenvalue weighted by Gasteiger charge is 2.33. The number of carbonyl (C=O) groups excluding carboxylic acids is 2. The van der Waals surface area contributed by atoms with Gasteiger partial charge < -0.3 is 39.1 Å². The lowest BCUT2D eigenvalue weighted by Gasteiger charge is -2.25. The molecule has 10 heteroatoms. The summed E-state index contributed by atoms with van der Waals surface area (Å²) in [7, 11) is 0. The number of carbonyl (C=O) groups is 4. The van der Waals surface area contributed by atoms with Crippen molar-refractivity contribution in [2.75, 3.05) is 26.4 Å². The van der Waals surface area contributed by atoms with Crippen molar-refractivity contribution in [1.82, 2.24) is 0 Å². The second-order valence-corrected chi connectivity index (χ2v) is 9.82. The molecule has 0 bridgehead atoms. The van der Waals surface area contributed by atoms with Gasteiger partial charge in [0.25, 0.3) is 0 Å². The Morgan fingerprint density at radius 1 is 0.789 bits per heavy atom. The number of aliphatic hydroxyl groups is 1. The van der Waals surface area contributed by atoms with Gasteiger partial charge in [-0.25, -0.2) is 0 Å². The molecule has 0 saturated carbocycles. The monoisotopic (exact) mass is 546 g/mol. The molecule has 0 aliphatic rings. The normalized spacial score (nSPS) is 14.5. The Labute approximate surface area is 227 Å². The number of hydrogen-bond acceptors (Lipinski definition) is 8. The van der Waals surface area contributed by atoms with E-state index in [0.717, 1.165) is 44.9 Å². The van der Waals surface area contributed by atoms with Gasteiger partial charge in [-0.3, -0.25) is 9.59 Å². The third-order valence-corrected chi connectivity index (χ3v) is 6.43. The first-order chi connectivity index (χ1) is 18.3. The smallest absolute Gasteiger partial charge is 0.306 e. The van der Waals surface area contributed by atoms with Crippen LogP contribution in [0.15, 0.2) is 0 Å². The summed E-state index contributed by atoms with van der Waals surface area (Å²) in [6, 6.07) is 0. The highest BCUT2D eigenvalue weighted by atomic mass is 16.6. The number of rotatable bonds is 29. The Morgan fingerprint density at radius 2 is 1.39 bits per heavy atom. The first-order valence-electron chi connectivity index (χ1n) is 14.1. The molecule has 0 spiro atoms. The van der Waals surface area contributed by atoms with E-state index in [2.05, 4.69) is 6.92 Å². The van der Waals surface area contributed by atoms with Crippen LogP contribution in [-0.2, 0) is 33.4 Å². The lowest BCUT2D eigenvalue weighted by molar-refractivity contribution is -0.154. The summed E-state index contributed by atoms with van der Waals surface area (Å²) in [6.45, 7) is 2.75. The van der Waals surface area contributed by atoms with Crippen molar-refractivity contribution in [3.8, 4) is 0 Å². The van der Waals surface area contributed by atoms with Crippen molar-refractivity contribution in [2.24, 2.45) is 0 Å². The lowest BCUT2D eigenvalue weighted by atomic mass is 9.98. The van der Waals surface area contributed by atoms with Gasteiger partial charge in [0.2, 0.25) is 0 Å². The Bertz CT molecular complexity index is 627. The van der Waals surface area contributed by atoms with Crippen LogP contribution < -0.4 is 0 Å². The van der Waals surface area contributed by atoms with E-state index in [1.165, 1.54) is 25.7 Å². The van der Waals surface area contributed by atoms with E-state index < -0.39 is 30.1 Å². The summed E-state index contributed by atoms with van der Waals surface area (Å²) < 4.78 is 16.8. The molecule has 0 heterocycles. The van der Waals surface area contributed by atoms with Gasteiger partial charge in [0.1, 0.15) is 11.9 Å². The van der Waals surface area contributed by atoms with Crippen LogP contribution in [0, 0.1) is 0 Å². The van der Waals surface area contributed by atoms with Crippen LogP contribution in [0.5, 0.6) is 0 Å². The van der Waals surface area contributed by atoms with Crippen molar-refractivity contribution in [1.29, 1.82) is 0 Å². The standard InChI is InChI=1S/C28H50O10/c1-2-3-4-5-8-11-14-25(24(31)13-10-7-6-9-12-15-26(32)33)37-20-18-36-19-21-38-28(23-30,16-17-29)22-27(34)35/h17,23-25,31H,2-16,18-22H2,1H3,(H,32,33)(H,34,35). The topological polar surface area (TPSA) is 157 Å². The Hall–Kier alpha value is -1.88. The summed E-state index contributed by atoms with van der Waals surface area (Å²) in [6.07, 6.45) is 11.8. The average Bonchev–Trinajstić information content (AvgIpc) is 2.87. The van der Waals surface area contributed by atoms with Gasteiger partial charge >= 0.3 is 11.9 Å². The average molecular weight is 547 g/mol. The molecule has 0 aromatic rings. The zero-order valence-corrected chi connectivity index (χ0v) is 23.2. The largest absolute Gasteiger partial charge is 0.481 e. The van der Waals surface area contributed by atoms with E-state index in [9.17, 15) is 24.3 Å². The SMILES string of the molecule is CCCCCCCCC(OCCOCCOC(C=O)(CC=O)CC(=O)O)C(O)CCCCCCCC(=O)O. The first kappa shape index (κ1) is 36.1. The lowest BCUT2D eigenvalue weighted by Crippen LogP contribution is -2.38. The van der Waals surface area contributed by atoms with Crippen molar-refractivity contribution < 1.29 is 48.7 Å². The molecule has 0 fully saturated rings. The maximum Gasteiger partial charge on any atom is 0.306 e. The fraction of sp³-hybridized carbons (Fsp3) is 0.857. The molecule has 0 aromatic heterocycles. The zero-order valence-electron chi connectivity index (χ0n) is 23.2. The molecule has 222 valence electrons. The summed E-state index contributed by atoms with van der Waals surface area (Å²) in [4.78, 5) is 43.7. The first-order valence-corrected chi connectivity index (χ1v) is 14.1. The van der Waals surface area contributed by atoms with E-state index in [1.807, 2.05) is 0 Å². The van der Waals surface area contributed by atoms with E-state index >= 15 is 0 Å². The molecule has 0 radical (unpaired) electrons. The van der Waals surface area contributed by atoms with Crippen LogP contribution in [-0.4, -0.2) is 84.1 Å². The van der Waals surface area contributed by atoms with Crippen LogP contribution in [0.1, 0.15) is 110 Å². The Kier molecular flexibility index (Phi) is 23.0. The van der Waals surface area contributed by atoms with E-state index in [4.69, 9.17) is 24.4 Å². The summed E-state index contributed by atoms with van der Waals surface area (Å²) >= 11 is 0. The molecule has 3 atom stereocenters. The van der Waals surface area contributed by atoms with Crippen molar-refractivity contribution >= 4 is 24.5 Å². The van der Waals surface area contributed by atoms with Gasteiger partial charge in [0, 0.05) is 12.8 Å². The number of ether oxygens (including phenoxy) is 3. The molecule has 0 aliphatic carbocycles. The number of carboxylic acids is 2. The third-order valence-electron chi connectivity index (χ3n) is 6.43. The molecule has 3 N–H and O–H groups in total.